The molecule has 1 aromatic heterocycles. The number of carbonyl (C=O) groups excluding carboxylic acids is 1. The summed E-state index contributed by atoms with van der Waals surface area (Å²) in [5.41, 5.74) is 1.18. The number of likely N-dealkylation sites (N-methyl/N-ethyl adjacent to an activating group) is 1. The molecular formula is C25H26ClN3O3S. The van der Waals surface area contributed by atoms with E-state index in [4.69, 9.17) is 26.1 Å². The number of nitrogens with zero attached hydrogens (tertiary/aromatic N) is 3. The summed E-state index contributed by atoms with van der Waals surface area (Å²) >= 11 is 7.84. The number of fused-ring (bicyclic) bond motifs is 2. The summed E-state index contributed by atoms with van der Waals surface area (Å²) in [7, 11) is 5.55. The highest BCUT2D eigenvalue weighted by molar-refractivity contribution is 7.23. The Morgan fingerprint density at radius 1 is 1.06 bits per heavy atom. The van der Waals surface area contributed by atoms with Gasteiger partial charge in [0.15, 0.2) is 5.13 Å². The van der Waals surface area contributed by atoms with Crippen LogP contribution in [0, 0.1) is 0 Å². The van der Waals surface area contributed by atoms with E-state index < -0.39 is 0 Å². The topological polar surface area (TPSA) is 54.9 Å². The Hall–Kier alpha value is -2.87. The third-order valence-electron chi connectivity index (χ3n) is 5.32. The Kier molecular flexibility index (Phi) is 7.02. The molecule has 1 heterocycles. The number of methoxy groups -OCH3 is 1. The summed E-state index contributed by atoms with van der Waals surface area (Å²) in [6, 6.07) is 15.3. The molecule has 0 radical (unpaired) electrons. The molecule has 1 amide bonds. The van der Waals surface area contributed by atoms with Gasteiger partial charge >= 0.3 is 0 Å². The first-order chi connectivity index (χ1) is 15.9. The van der Waals surface area contributed by atoms with Crippen molar-refractivity contribution >= 4 is 55.0 Å². The van der Waals surface area contributed by atoms with Crippen LogP contribution in [0.5, 0.6) is 11.5 Å². The van der Waals surface area contributed by atoms with Crippen LogP contribution in [0.4, 0.5) is 5.13 Å². The number of carbonyl (C=O) groups is 1. The molecule has 6 nitrogen and oxygen atoms in total. The fourth-order valence-electron chi connectivity index (χ4n) is 3.69. The maximum Gasteiger partial charge on any atom is 0.264 e. The Bertz CT molecular complexity index is 1310. The number of hydrogen-bond acceptors (Lipinski definition) is 6. The highest BCUT2D eigenvalue weighted by atomic mass is 35.5. The van der Waals surface area contributed by atoms with Crippen LogP contribution in [0.1, 0.15) is 17.3 Å². The molecule has 0 spiro atoms. The van der Waals surface area contributed by atoms with Crippen LogP contribution in [0.2, 0.25) is 5.02 Å². The molecule has 0 aliphatic rings. The van der Waals surface area contributed by atoms with Gasteiger partial charge in [0.05, 0.1) is 29.0 Å². The molecule has 4 aromatic rings. The van der Waals surface area contributed by atoms with E-state index in [2.05, 4.69) is 0 Å². The second-order valence-corrected chi connectivity index (χ2v) is 9.16. The van der Waals surface area contributed by atoms with Gasteiger partial charge < -0.3 is 14.4 Å². The van der Waals surface area contributed by atoms with Crippen LogP contribution in [-0.4, -0.2) is 56.7 Å². The summed E-state index contributed by atoms with van der Waals surface area (Å²) in [5, 5.41) is 2.97. The van der Waals surface area contributed by atoms with Crippen LogP contribution < -0.4 is 14.4 Å². The molecule has 0 N–H and O–H groups in total. The lowest BCUT2D eigenvalue weighted by atomic mass is 10.0. The molecular weight excluding hydrogens is 458 g/mol. The Morgan fingerprint density at radius 3 is 2.55 bits per heavy atom. The normalized spacial score (nSPS) is 11.3. The third-order valence-corrected chi connectivity index (χ3v) is 6.86. The van der Waals surface area contributed by atoms with Crippen LogP contribution in [-0.2, 0) is 0 Å². The van der Waals surface area contributed by atoms with Crippen molar-refractivity contribution < 1.29 is 14.3 Å². The van der Waals surface area contributed by atoms with Crippen molar-refractivity contribution in [1.29, 1.82) is 0 Å². The van der Waals surface area contributed by atoms with Crippen LogP contribution in [0.15, 0.2) is 48.5 Å². The molecule has 0 saturated carbocycles. The first kappa shape index (κ1) is 23.3. The van der Waals surface area contributed by atoms with E-state index in [-0.39, 0.29) is 5.91 Å². The lowest BCUT2D eigenvalue weighted by molar-refractivity contribution is 0.0983. The van der Waals surface area contributed by atoms with E-state index in [1.807, 2.05) is 62.3 Å². The number of rotatable bonds is 8. The van der Waals surface area contributed by atoms with Crippen molar-refractivity contribution in [2.75, 3.05) is 45.8 Å². The molecule has 0 aliphatic heterocycles. The zero-order chi connectivity index (χ0) is 23.5. The number of benzene rings is 3. The first-order valence-electron chi connectivity index (χ1n) is 10.7. The second-order valence-electron chi connectivity index (χ2n) is 7.78. The van der Waals surface area contributed by atoms with Gasteiger partial charge in [-0.3, -0.25) is 9.69 Å². The number of aromatic nitrogens is 1. The fraction of sp³-hybridized carbons (Fsp3) is 0.280. The molecule has 0 saturated heterocycles. The minimum atomic E-state index is -0.161. The van der Waals surface area contributed by atoms with Crippen LogP contribution >= 0.6 is 22.9 Å². The number of amides is 1. The van der Waals surface area contributed by atoms with Crippen molar-refractivity contribution in [3.8, 4) is 11.5 Å². The van der Waals surface area contributed by atoms with Crippen molar-refractivity contribution in [2.45, 2.75) is 6.92 Å². The van der Waals surface area contributed by atoms with Crippen molar-refractivity contribution in [3.63, 3.8) is 0 Å². The van der Waals surface area contributed by atoms with Gasteiger partial charge in [-0.25, -0.2) is 4.98 Å². The standard InChI is InChI=1S/C25H26ClN3O3S/c1-5-32-19-12-10-16-8-6-7-9-17(16)21(19)24(30)29(15-14-28(2)3)25-27-22-20(31-4)13-11-18(26)23(22)33-25/h6-13H,5,14-15H2,1-4H3. The summed E-state index contributed by atoms with van der Waals surface area (Å²) < 4.78 is 12.1. The van der Waals surface area contributed by atoms with Gasteiger partial charge in [-0.2, -0.15) is 0 Å². The zero-order valence-electron chi connectivity index (χ0n) is 19.1. The average Bonchev–Trinajstić information content (AvgIpc) is 3.25. The van der Waals surface area contributed by atoms with E-state index in [0.717, 1.165) is 15.5 Å². The number of thiazole rings is 1. The molecule has 0 fully saturated rings. The molecule has 8 heteroatoms. The zero-order valence-corrected chi connectivity index (χ0v) is 20.7. The van der Waals surface area contributed by atoms with E-state index >= 15 is 0 Å². The molecule has 4 rings (SSSR count). The molecule has 3 aromatic carbocycles. The molecule has 0 bridgehead atoms. The Labute approximate surface area is 202 Å². The lowest BCUT2D eigenvalue weighted by Gasteiger charge is -2.24. The molecule has 0 atom stereocenters. The Balaban J connectivity index is 1.89. The molecule has 0 aliphatic carbocycles. The Morgan fingerprint density at radius 2 is 1.82 bits per heavy atom. The lowest BCUT2D eigenvalue weighted by Crippen LogP contribution is -2.37. The van der Waals surface area contributed by atoms with Gasteiger partial charge in [0.25, 0.3) is 5.91 Å². The molecule has 33 heavy (non-hydrogen) atoms. The minimum absolute atomic E-state index is 0.161. The predicted octanol–water partition coefficient (Wildman–Crippen LogP) is 5.72. The molecule has 0 unspecified atom stereocenters. The minimum Gasteiger partial charge on any atom is -0.494 e. The first-order valence-corrected chi connectivity index (χ1v) is 11.9. The third kappa shape index (κ3) is 4.62. The summed E-state index contributed by atoms with van der Waals surface area (Å²) in [5.74, 6) is 1.02. The maximum absolute atomic E-state index is 14.1. The monoisotopic (exact) mass is 483 g/mol. The van der Waals surface area contributed by atoms with Crippen LogP contribution in [0.25, 0.3) is 21.0 Å². The van der Waals surface area contributed by atoms with Crippen LogP contribution in [0.3, 0.4) is 0 Å². The van der Waals surface area contributed by atoms with Crippen molar-refractivity contribution in [1.82, 2.24) is 9.88 Å². The van der Waals surface area contributed by atoms with E-state index in [1.165, 1.54) is 11.3 Å². The number of halogens is 1. The summed E-state index contributed by atoms with van der Waals surface area (Å²) in [6.07, 6.45) is 0. The predicted molar refractivity (Wildman–Crippen MR) is 137 cm³/mol. The van der Waals surface area contributed by atoms with Gasteiger partial charge in [0, 0.05) is 13.1 Å². The summed E-state index contributed by atoms with van der Waals surface area (Å²) in [6.45, 7) is 3.50. The smallest absolute Gasteiger partial charge is 0.264 e. The highest BCUT2D eigenvalue weighted by Gasteiger charge is 2.27. The van der Waals surface area contributed by atoms with E-state index in [1.54, 1.807) is 24.1 Å². The van der Waals surface area contributed by atoms with Crippen molar-refractivity contribution in [3.05, 3.63) is 59.1 Å². The number of ether oxygens (including phenoxy) is 2. The van der Waals surface area contributed by atoms with Gasteiger partial charge in [-0.15, -0.1) is 0 Å². The number of anilines is 1. The quantitative estimate of drug-likeness (QED) is 0.321. The second kappa shape index (κ2) is 9.95. The van der Waals surface area contributed by atoms with E-state index in [9.17, 15) is 4.79 Å². The van der Waals surface area contributed by atoms with Gasteiger partial charge in [0.2, 0.25) is 0 Å². The van der Waals surface area contributed by atoms with Gasteiger partial charge in [0.1, 0.15) is 17.0 Å². The number of hydrogen-bond donors (Lipinski definition) is 0. The summed E-state index contributed by atoms with van der Waals surface area (Å²) in [4.78, 5) is 22.6. The van der Waals surface area contributed by atoms with Gasteiger partial charge in [-0.1, -0.05) is 53.3 Å². The highest BCUT2D eigenvalue weighted by Crippen LogP contribution is 2.40. The largest absolute Gasteiger partial charge is 0.494 e. The average molecular weight is 484 g/mol. The van der Waals surface area contributed by atoms with Gasteiger partial charge in [-0.05, 0) is 50.0 Å². The SMILES string of the molecule is CCOc1ccc2ccccc2c1C(=O)N(CCN(C)C)c1nc2c(OC)ccc(Cl)c2s1. The maximum atomic E-state index is 14.1. The molecule has 172 valence electrons. The van der Waals surface area contributed by atoms with Crippen molar-refractivity contribution in [2.24, 2.45) is 0 Å². The van der Waals surface area contributed by atoms with E-state index in [0.29, 0.717) is 52.4 Å². The fourth-order valence-corrected chi connectivity index (χ4v) is 4.97.